The van der Waals surface area contributed by atoms with E-state index in [9.17, 15) is 9.59 Å². The number of aryl methyl sites for hydroxylation is 1. The number of aromatic nitrogens is 2. The second-order valence-corrected chi connectivity index (χ2v) is 4.09. The third-order valence-corrected chi connectivity index (χ3v) is 2.85. The SMILES string of the molecule is CCn1ccnc(Oc2cc(OC)ccc2C(=O)O)c1=O. The summed E-state index contributed by atoms with van der Waals surface area (Å²) in [4.78, 5) is 27.1. The topological polar surface area (TPSA) is 90.7 Å². The molecular formula is C14H14N2O5. The number of rotatable bonds is 5. The van der Waals surface area contributed by atoms with E-state index in [4.69, 9.17) is 14.6 Å². The number of methoxy groups -OCH3 is 1. The largest absolute Gasteiger partial charge is 0.497 e. The standard InChI is InChI=1S/C14H14N2O5/c1-3-16-7-6-15-12(13(16)17)21-11-8-9(20-2)4-5-10(11)14(18)19/h4-8H,3H2,1-2H3,(H,18,19). The fourth-order valence-corrected chi connectivity index (χ4v) is 1.74. The van der Waals surface area contributed by atoms with Gasteiger partial charge in [0.05, 0.1) is 7.11 Å². The maximum absolute atomic E-state index is 12.0. The minimum absolute atomic E-state index is 0.000281. The number of carboxylic acids is 1. The summed E-state index contributed by atoms with van der Waals surface area (Å²) >= 11 is 0. The molecule has 0 spiro atoms. The molecule has 1 N–H and O–H groups in total. The van der Waals surface area contributed by atoms with Crippen molar-refractivity contribution in [2.75, 3.05) is 7.11 Å². The van der Waals surface area contributed by atoms with Gasteiger partial charge in [-0.15, -0.1) is 0 Å². The van der Waals surface area contributed by atoms with Crippen molar-refractivity contribution in [2.24, 2.45) is 0 Å². The number of aromatic carboxylic acids is 1. The Bertz CT molecular complexity index is 724. The van der Waals surface area contributed by atoms with Crippen molar-refractivity contribution in [2.45, 2.75) is 13.5 Å². The number of benzene rings is 1. The molecule has 7 nitrogen and oxygen atoms in total. The second kappa shape index (κ2) is 6.08. The van der Waals surface area contributed by atoms with Crippen LogP contribution < -0.4 is 15.0 Å². The van der Waals surface area contributed by atoms with Gasteiger partial charge in [-0.3, -0.25) is 4.79 Å². The van der Waals surface area contributed by atoms with E-state index in [1.807, 2.05) is 0 Å². The molecular weight excluding hydrogens is 276 g/mol. The molecule has 2 aromatic rings. The first-order valence-electron chi connectivity index (χ1n) is 6.21. The fourth-order valence-electron chi connectivity index (χ4n) is 1.74. The fraction of sp³-hybridized carbons (Fsp3) is 0.214. The predicted molar refractivity (Wildman–Crippen MR) is 74.2 cm³/mol. The van der Waals surface area contributed by atoms with Crippen LogP contribution in [0.4, 0.5) is 0 Å². The van der Waals surface area contributed by atoms with Crippen LogP contribution in [0.1, 0.15) is 17.3 Å². The van der Waals surface area contributed by atoms with Gasteiger partial charge in [-0.05, 0) is 19.1 Å². The first-order chi connectivity index (χ1) is 10.1. The number of nitrogens with zero attached hydrogens (tertiary/aromatic N) is 2. The van der Waals surface area contributed by atoms with Gasteiger partial charge in [0.25, 0.3) is 5.88 Å². The van der Waals surface area contributed by atoms with Gasteiger partial charge < -0.3 is 19.1 Å². The van der Waals surface area contributed by atoms with E-state index in [-0.39, 0.29) is 17.2 Å². The average Bonchev–Trinajstić information content (AvgIpc) is 2.49. The molecule has 1 aromatic heterocycles. The van der Waals surface area contributed by atoms with E-state index in [1.54, 1.807) is 6.92 Å². The summed E-state index contributed by atoms with van der Waals surface area (Å²) in [5.41, 5.74) is -0.511. The van der Waals surface area contributed by atoms with Gasteiger partial charge in [0.1, 0.15) is 17.1 Å². The summed E-state index contributed by atoms with van der Waals surface area (Å²) in [6, 6.07) is 4.24. The molecule has 0 bridgehead atoms. The first-order valence-corrected chi connectivity index (χ1v) is 6.21. The molecule has 0 atom stereocenters. The molecule has 2 rings (SSSR count). The Labute approximate surface area is 120 Å². The van der Waals surface area contributed by atoms with Crippen LogP contribution in [0, 0.1) is 0 Å². The molecule has 0 aliphatic heterocycles. The summed E-state index contributed by atoms with van der Waals surface area (Å²) in [6.45, 7) is 2.26. The Morgan fingerprint density at radius 1 is 1.43 bits per heavy atom. The number of carboxylic acid groups (broad SMARTS) is 1. The Hall–Kier alpha value is -2.83. The first kappa shape index (κ1) is 14.6. The van der Waals surface area contributed by atoms with Crippen molar-refractivity contribution in [3.8, 4) is 17.4 Å². The molecule has 0 aliphatic carbocycles. The normalized spacial score (nSPS) is 10.2. The lowest BCUT2D eigenvalue weighted by Gasteiger charge is -2.10. The Morgan fingerprint density at radius 2 is 2.19 bits per heavy atom. The van der Waals surface area contributed by atoms with Crippen LogP contribution in [0.2, 0.25) is 0 Å². The zero-order chi connectivity index (χ0) is 15.4. The molecule has 0 amide bonds. The zero-order valence-corrected chi connectivity index (χ0v) is 11.6. The molecule has 0 aliphatic rings. The lowest BCUT2D eigenvalue weighted by Crippen LogP contribution is -2.21. The Balaban J connectivity index is 2.48. The quantitative estimate of drug-likeness (QED) is 0.902. The second-order valence-electron chi connectivity index (χ2n) is 4.09. The average molecular weight is 290 g/mol. The zero-order valence-electron chi connectivity index (χ0n) is 11.6. The van der Waals surface area contributed by atoms with Crippen LogP contribution in [0.15, 0.2) is 35.4 Å². The van der Waals surface area contributed by atoms with Crippen LogP contribution in [0.5, 0.6) is 17.4 Å². The minimum Gasteiger partial charge on any atom is -0.497 e. The van der Waals surface area contributed by atoms with E-state index in [0.29, 0.717) is 12.3 Å². The van der Waals surface area contributed by atoms with Crippen molar-refractivity contribution in [1.82, 2.24) is 9.55 Å². The van der Waals surface area contributed by atoms with Crippen LogP contribution in [-0.4, -0.2) is 27.7 Å². The highest BCUT2D eigenvalue weighted by Gasteiger charge is 2.16. The monoisotopic (exact) mass is 290 g/mol. The number of carbonyl (C=O) groups is 1. The van der Waals surface area contributed by atoms with Gasteiger partial charge in [0.15, 0.2) is 0 Å². The lowest BCUT2D eigenvalue weighted by molar-refractivity contribution is 0.0694. The highest BCUT2D eigenvalue weighted by Crippen LogP contribution is 2.27. The van der Waals surface area contributed by atoms with Gasteiger partial charge >= 0.3 is 11.5 Å². The molecule has 0 radical (unpaired) electrons. The summed E-state index contributed by atoms with van der Waals surface area (Å²) in [5.74, 6) is -0.934. The third kappa shape index (κ3) is 3.02. The van der Waals surface area contributed by atoms with E-state index in [0.717, 1.165) is 0 Å². The number of hydrogen-bond donors (Lipinski definition) is 1. The van der Waals surface area contributed by atoms with Crippen molar-refractivity contribution >= 4 is 5.97 Å². The van der Waals surface area contributed by atoms with E-state index < -0.39 is 11.5 Å². The van der Waals surface area contributed by atoms with Gasteiger partial charge in [-0.25, -0.2) is 9.78 Å². The molecule has 0 unspecified atom stereocenters. The Kier molecular flexibility index (Phi) is 4.22. The highest BCUT2D eigenvalue weighted by atomic mass is 16.5. The maximum atomic E-state index is 12.0. The number of hydrogen-bond acceptors (Lipinski definition) is 5. The molecule has 0 fully saturated rings. The van der Waals surface area contributed by atoms with E-state index >= 15 is 0 Å². The Morgan fingerprint density at radius 3 is 2.81 bits per heavy atom. The van der Waals surface area contributed by atoms with E-state index in [1.165, 1.54) is 42.3 Å². The van der Waals surface area contributed by atoms with Crippen molar-refractivity contribution < 1.29 is 19.4 Å². The summed E-state index contributed by atoms with van der Waals surface area (Å²) in [7, 11) is 1.45. The van der Waals surface area contributed by atoms with Crippen LogP contribution >= 0.6 is 0 Å². The molecule has 0 saturated heterocycles. The minimum atomic E-state index is -1.17. The molecule has 1 aromatic carbocycles. The lowest BCUT2D eigenvalue weighted by atomic mass is 10.2. The predicted octanol–water partition coefficient (Wildman–Crippen LogP) is 1.76. The molecule has 1 heterocycles. The smallest absolute Gasteiger partial charge is 0.339 e. The molecule has 0 saturated carbocycles. The number of ether oxygens (including phenoxy) is 2. The van der Waals surface area contributed by atoms with Gasteiger partial charge in [0, 0.05) is 25.0 Å². The van der Waals surface area contributed by atoms with Gasteiger partial charge in [0.2, 0.25) is 0 Å². The summed E-state index contributed by atoms with van der Waals surface area (Å²) < 4.78 is 11.8. The van der Waals surface area contributed by atoms with E-state index in [2.05, 4.69) is 4.98 Å². The van der Waals surface area contributed by atoms with Crippen LogP contribution in [0.25, 0.3) is 0 Å². The highest BCUT2D eigenvalue weighted by molar-refractivity contribution is 5.91. The molecule has 21 heavy (non-hydrogen) atoms. The molecule has 7 heteroatoms. The van der Waals surface area contributed by atoms with Crippen molar-refractivity contribution in [1.29, 1.82) is 0 Å². The van der Waals surface area contributed by atoms with Crippen LogP contribution in [-0.2, 0) is 6.54 Å². The van der Waals surface area contributed by atoms with Gasteiger partial charge in [-0.1, -0.05) is 0 Å². The van der Waals surface area contributed by atoms with Crippen molar-refractivity contribution in [3.05, 3.63) is 46.5 Å². The maximum Gasteiger partial charge on any atom is 0.339 e. The summed E-state index contributed by atoms with van der Waals surface area (Å²) in [6.07, 6.45) is 2.94. The van der Waals surface area contributed by atoms with Crippen LogP contribution in [0.3, 0.4) is 0 Å². The summed E-state index contributed by atoms with van der Waals surface area (Å²) in [5, 5.41) is 9.15. The third-order valence-electron chi connectivity index (χ3n) is 2.85. The van der Waals surface area contributed by atoms with Gasteiger partial charge in [-0.2, -0.15) is 0 Å². The van der Waals surface area contributed by atoms with Crippen molar-refractivity contribution in [3.63, 3.8) is 0 Å². The molecule has 110 valence electrons.